The summed E-state index contributed by atoms with van der Waals surface area (Å²) in [4.78, 5) is 0. The van der Waals surface area contributed by atoms with Gasteiger partial charge < -0.3 is 15.9 Å². The smallest absolute Gasteiger partial charge is 0.0747 e. The number of hydrogen-bond donors (Lipinski definition) is 3. The molecule has 0 aromatic carbocycles. The summed E-state index contributed by atoms with van der Waals surface area (Å²) in [6, 6.07) is -0.0209. The molecule has 0 bridgehead atoms. The standard InChI is InChI=1S/C19H33NO2/c1-18-7-5-12(21)9-11(18)3-4-13-14(18)6-8-19(2)15(13)10-16(20)17(19)22/h11-17,21-22H,3-10,20H2,1-2H3/t11-,12+,13-,14-,15+,16-,17-,18-,19-/m0/s1. The third-order valence-corrected chi connectivity index (χ3v) is 8.68. The van der Waals surface area contributed by atoms with Gasteiger partial charge in [-0.2, -0.15) is 0 Å². The van der Waals surface area contributed by atoms with Crippen molar-refractivity contribution in [1.29, 1.82) is 0 Å². The van der Waals surface area contributed by atoms with Gasteiger partial charge in [-0.3, -0.25) is 0 Å². The van der Waals surface area contributed by atoms with E-state index >= 15 is 0 Å². The molecular formula is C19H33NO2. The molecule has 4 aliphatic rings. The van der Waals surface area contributed by atoms with E-state index in [-0.39, 0.29) is 23.7 Å². The van der Waals surface area contributed by atoms with Crippen molar-refractivity contribution in [3.8, 4) is 0 Å². The number of fused-ring (bicyclic) bond motifs is 5. The normalized spacial score (nSPS) is 61.2. The Kier molecular flexibility index (Phi) is 3.46. The quantitative estimate of drug-likeness (QED) is 0.644. The van der Waals surface area contributed by atoms with Gasteiger partial charge in [0.15, 0.2) is 0 Å². The fraction of sp³-hybridized carbons (Fsp3) is 1.00. The van der Waals surface area contributed by atoms with Crippen LogP contribution in [0.25, 0.3) is 0 Å². The molecule has 22 heavy (non-hydrogen) atoms. The highest BCUT2D eigenvalue weighted by Gasteiger charge is 2.61. The molecule has 0 radical (unpaired) electrons. The van der Waals surface area contributed by atoms with Crippen molar-refractivity contribution in [3.05, 3.63) is 0 Å². The van der Waals surface area contributed by atoms with Gasteiger partial charge in [0.05, 0.1) is 12.2 Å². The zero-order valence-electron chi connectivity index (χ0n) is 14.2. The number of rotatable bonds is 0. The highest BCUT2D eigenvalue weighted by Crippen LogP contribution is 2.65. The molecule has 0 aliphatic heterocycles. The van der Waals surface area contributed by atoms with Crippen LogP contribution in [0.2, 0.25) is 0 Å². The highest BCUT2D eigenvalue weighted by molar-refractivity contribution is 5.12. The van der Waals surface area contributed by atoms with Crippen LogP contribution in [0.4, 0.5) is 0 Å². The van der Waals surface area contributed by atoms with E-state index in [2.05, 4.69) is 13.8 Å². The minimum atomic E-state index is -0.308. The average Bonchev–Trinajstić information content (AvgIpc) is 2.72. The monoisotopic (exact) mass is 307 g/mol. The molecule has 0 aromatic heterocycles. The Morgan fingerprint density at radius 3 is 2.36 bits per heavy atom. The lowest BCUT2D eigenvalue weighted by Crippen LogP contribution is -2.54. The maximum Gasteiger partial charge on any atom is 0.0747 e. The summed E-state index contributed by atoms with van der Waals surface area (Å²) in [7, 11) is 0. The lowest BCUT2D eigenvalue weighted by Gasteiger charge is -2.60. The van der Waals surface area contributed by atoms with Gasteiger partial charge in [-0.25, -0.2) is 0 Å². The van der Waals surface area contributed by atoms with Crippen LogP contribution in [0.1, 0.15) is 65.2 Å². The van der Waals surface area contributed by atoms with Crippen molar-refractivity contribution in [1.82, 2.24) is 0 Å². The van der Waals surface area contributed by atoms with Crippen molar-refractivity contribution in [3.63, 3.8) is 0 Å². The fourth-order valence-electron chi connectivity index (χ4n) is 7.31. The fourth-order valence-corrected chi connectivity index (χ4v) is 7.31. The maximum atomic E-state index is 10.6. The first kappa shape index (κ1) is 15.4. The Balaban J connectivity index is 1.63. The molecule has 0 aromatic rings. The molecule has 126 valence electrons. The molecule has 3 heteroatoms. The van der Waals surface area contributed by atoms with Crippen molar-refractivity contribution >= 4 is 0 Å². The Bertz CT molecular complexity index is 455. The first-order valence-electron chi connectivity index (χ1n) is 9.48. The van der Waals surface area contributed by atoms with E-state index in [0.717, 1.165) is 37.5 Å². The zero-order chi connectivity index (χ0) is 15.7. The zero-order valence-corrected chi connectivity index (χ0v) is 14.2. The Labute approximate surface area is 134 Å². The number of nitrogens with two attached hydrogens (primary N) is 1. The highest BCUT2D eigenvalue weighted by atomic mass is 16.3. The third-order valence-electron chi connectivity index (χ3n) is 8.68. The molecule has 4 aliphatic carbocycles. The van der Waals surface area contributed by atoms with Crippen molar-refractivity contribution in [2.45, 2.75) is 83.5 Å². The van der Waals surface area contributed by atoms with Gasteiger partial charge in [-0.15, -0.1) is 0 Å². The first-order valence-corrected chi connectivity index (χ1v) is 9.48. The molecule has 9 atom stereocenters. The summed E-state index contributed by atoms with van der Waals surface area (Å²) in [5.74, 6) is 2.86. The Morgan fingerprint density at radius 2 is 1.59 bits per heavy atom. The summed E-state index contributed by atoms with van der Waals surface area (Å²) in [5.41, 5.74) is 6.72. The molecule has 0 heterocycles. The first-order chi connectivity index (χ1) is 10.4. The number of aliphatic hydroxyl groups excluding tert-OH is 2. The van der Waals surface area contributed by atoms with Crippen molar-refractivity contribution < 1.29 is 10.2 Å². The number of aliphatic hydroxyl groups is 2. The van der Waals surface area contributed by atoms with Crippen molar-refractivity contribution in [2.75, 3.05) is 0 Å². The van der Waals surface area contributed by atoms with E-state index < -0.39 is 0 Å². The topological polar surface area (TPSA) is 66.5 Å². The molecule has 4 fully saturated rings. The summed E-state index contributed by atoms with van der Waals surface area (Å²) in [5, 5.41) is 20.7. The minimum Gasteiger partial charge on any atom is -0.393 e. The second kappa shape index (κ2) is 4.94. The van der Waals surface area contributed by atoms with E-state index in [9.17, 15) is 10.2 Å². The molecule has 4 N–H and O–H groups in total. The molecule has 3 nitrogen and oxygen atoms in total. The van der Waals surface area contributed by atoms with Crippen LogP contribution in [0.3, 0.4) is 0 Å². The van der Waals surface area contributed by atoms with E-state index in [1.165, 1.54) is 25.7 Å². The second-order valence-electron chi connectivity index (χ2n) is 9.47. The average molecular weight is 307 g/mol. The summed E-state index contributed by atoms with van der Waals surface area (Å²) < 4.78 is 0. The van der Waals surface area contributed by atoms with E-state index in [1.54, 1.807) is 0 Å². The predicted molar refractivity (Wildman–Crippen MR) is 87.1 cm³/mol. The van der Waals surface area contributed by atoms with Gasteiger partial charge >= 0.3 is 0 Å². The Hall–Kier alpha value is -0.120. The molecule has 0 unspecified atom stereocenters. The molecule has 4 rings (SSSR count). The molecular weight excluding hydrogens is 274 g/mol. The lowest BCUT2D eigenvalue weighted by molar-refractivity contribution is -0.134. The van der Waals surface area contributed by atoms with Gasteiger partial charge in [-0.1, -0.05) is 13.8 Å². The molecule has 0 amide bonds. The summed E-state index contributed by atoms with van der Waals surface area (Å²) >= 11 is 0. The second-order valence-corrected chi connectivity index (χ2v) is 9.47. The van der Waals surface area contributed by atoms with Gasteiger partial charge in [0.1, 0.15) is 0 Å². The van der Waals surface area contributed by atoms with Crippen molar-refractivity contribution in [2.24, 2.45) is 40.2 Å². The lowest BCUT2D eigenvalue weighted by atomic mass is 9.45. The van der Waals surface area contributed by atoms with Crippen LogP contribution >= 0.6 is 0 Å². The van der Waals surface area contributed by atoms with Gasteiger partial charge in [0.2, 0.25) is 0 Å². The third kappa shape index (κ3) is 1.91. The summed E-state index contributed by atoms with van der Waals surface area (Å²) in [6.45, 7) is 4.80. The van der Waals surface area contributed by atoms with Crippen LogP contribution in [0, 0.1) is 34.5 Å². The van der Waals surface area contributed by atoms with Crippen LogP contribution < -0.4 is 5.73 Å². The van der Waals surface area contributed by atoms with Crippen LogP contribution in [0.15, 0.2) is 0 Å². The largest absolute Gasteiger partial charge is 0.393 e. The predicted octanol–water partition coefficient (Wildman–Crippen LogP) is 2.69. The Morgan fingerprint density at radius 1 is 0.864 bits per heavy atom. The number of hydrogen-bond acceptors (Lipinski definition) is 3. The van der Waals surface area contributed by atoms with Gasteiger partial charge in [0, 0.05) is 6.04 Å². The van der Waals surface area contributed by atoms with Crippen LogP contribution in [-0.2, 0) is 0 Å². The van der Waals surface area contributed by atoms with Crippen LogP contribution in [0.5, 0.6) is 0 Å². The summed E-state index contributed by atoms with van der Waals surface area (Å²) in [6.07, 6.45) is 8.79. The van der Waals surface area contributed by atoms with E-state index in [1.807, 2.05) is 0 Å². The van der Waals surface area contributed by atoms with Gasteiger partial charge in [0.25, 0.3) is 0 Å². The van der Waals surface area contributed by atoms with E-state index in [4.69, 9.17) is 5.73 Å². The SMILES string of the molecule is C[C@]12CC[C@H]3[C@H](CC[C@H]4C[C@H](O)CC[C@@]43C)[C@H]1C[C@H](N)[C@@H]2O. The van der Waals surface area contributed by atoms with Gasteiger partial charge in [-0.05, 0) is 85.9 Å². The molecule has 0 saturated heterocycles. The molecule has 4 saturated carbocycles. The van der Waals surface area contributed by atoms with Crippen LogP contribution in [-0.4, -0.2) is 28.5 Å². The molecule has 0 spiro atoms. The maximum absolute atomic E-state index is 10.6. The minimum absolute atomic E-state index is 0.0209. The van der Waals surface area contributed by atoms with E-state index in [0.29, 0.717) is 17.3 Å².